The molecule has 0 aliphatic heterocycles. The lowest BCUT2D eigenvalue weighted by Crippen LogP contribution is -2.16. The number of rotatable bonds is 34. The lowest BCUT2D eigenvalue weighted by molar-refractivity contribution is 0.0333. The maximum Gasteiger partial charge on any atom is 0.0946 e. The van der Waals surface area contributed by atoms with Gasteiger partial charge in [0.25, 0.3) is 0 Å². The molecule has 3 heteroatoms. The molecule has 3 nitrogen and oxygen atoms in total. The Hall–Kier alpha value is -1.87. The van der Waals surface area contributed by atoms with Crippen LogP contribution in [-0.2, 0) is 11.3 Å². The second-order valence-corrected chi connectivity index (χ2v) is 13.0. The fourth-order valence-corrected chi connectivity index (χ4v) is 5.78. The van der Waals surface area contributed by atoms with E-state index in [0.717, 1.165) is 26.0 Å². The molecule has 0 unspecified atom stereocenters. The van der Waals surface area contributed by atoms with Gasteiger partial charge in [-0.2, -0.15) is 0 Å². The standard InChI is InChI=1S/C42H74N2O/c1-3-5-7-9-11-13-15-17-19-21-23-25-27-29-31-33-35-42(45-40-39-44-38-37-43-41-44)36-34-32-30-28-26-24-22-20-18-16-14-12-10-8-6-4-2/h11-14,17-20,37-38,41-42H,3-10,15-16,21-36,39-40H2,1-2H3. The van der Waals surface area contributed by atoms with E-state index in [4.69, 9.17) is 4.74 Å². The van der Waals surface area contributed by atoms with Gasteiger partial charge in [-0.3, -0.25) is 0 Å². The van der Waals surface area contributed by atoms with Gasteiger partial charge in [0.05, 0.1) is 19.0 Å². The molecule has 1 heterocycles. The van der Waals surface area contributed by atoms with Crippen molar-refractivity contribution in [2.75, 3.05) is 6.61 Å². The van der Waals surface area contributed by atoms with Gasteiger partial charge in [0.2, 0.25) is 0 Å². The molecular formula is C42H74N2O. The van der Waals surface area contributed by atoms with E-state index in [1.807, 2.05) is 18.7 Å². The van der Waals surface area contributed by atoms with Gasteiger partial charge in [0.1, 0.15) is 0 Å². The molecule has 0 bridgehead atoms. The van der Waals surface area contributed by atoms with Crippen LogP contribution in [0.25, 0.3) is 0 Å². The van der Waals surface area contributed by atoms with Crippen molar-refractivity contribution in [1.82, 2.24) is 9.55 Å². The van der Waals surface area contributed by atoms with Gasteiger partial charge in [-0.05, 0) is 77.0 Å². The monoisotopic (exact) mass is 623 g/mol. The van der Waals surface area contributed by atoms with Crippen LogP contribution in [0.2, 0.25) is 0 Å². The Labute approximate surface area is 281 Å². The third kappa shape index (κ3) is 30.5. The fraction of sp³-hybridized carbons (Fsp3) is 0.738. The predicted molar refractivity (Wildman–Crippen MR) is 200 cm³/mol. The Morgan fingerprint density at radius 1 is 0.533 bits per heavy atom. The predicted octanol–water partition coefficient (Wildman–Crippen LogP) is 13.7. The van der Waals surface area contributed by atoms with Crippen molar-refractivity contribution in [3.05, 3.63) is 67.3 Å². The number of ether oxygens (including phenoxy) is 1. The molecule has 1 aromatic rings. The van der Waals surface area contributed by atoms with Crippen LogP contribution in [0, 0.1) is 0 Å². The fourth-order valence-electron chi connectivity index (χ4n) is 5.78. The van der Waals surface area contributed by atoms with Gasteiger partial charge < -0.3 is 9.30 Å². The molecule has 0 amide bonds. The number of imidazole rings is 1. The van der Waals surface area contributed by atoms with Gasteiger partial charge in [0, 0.05) is 18.9 Å². The topological polar surface area (TPSA) is 27.1 Å². The number of nitrogens with zero attached hydrogens (tertiary/aromatic N) is 2. The molecule has 0 saturated heterocycles. The van der Waals surface area contributed by atoms with Crippen molar-refractivity contribution in [3.63, 3.8) is 0 Å². The molecule has 258 valence electrons. The molecule has 0 aromatic carbocycles. The number of allylic oxidation sites excluding steroid dienone is 8. The number of aromatic nitrogens is 2. The Morgan fingerprint density at radius 3 is 1.38 bits per heavy atom. The number of hydrogen-bond donors (Lipinski definition) is 0. The summed E-state index contributed by atoms with van der Waals surface area (Å²) in [5.41, 5.74) is 0. The molecule has 0 saturated carbocycles. The summed E-state index contributed by atoms with van der Waals surface area (Å²) in [4.78, 5) is 4.16. The Kier molecular flexibility index (Phi) is 32.0. The van der Waals surface area contributed by atoms with Crippen molar-refractivity contribution in [2.24, 2.45) is 0 Å². The Balaban J connectivity index is 2.06. The smallest absolute Gasteiger partial charge is 0.0946 e. The highest BCUT2D eigenvalue weighted by atomic mass is 16.5. The molecule has 0 atom stereocenters. The third-order valence-electron chi connectivity index (χ3n) is 8.72. The van der Waals surface area contributed by atoms with Gasteiger partial charge in [-0.1, -0.05) is 152 Å². The summed E-state index contributed by atoms with van der Waals surface area (Å²) in [6.07, 6.45) is 58.9. The quantitative estimate of drug-likeness (QED) is 0.0565. The van der Waals surface area contributed by atoms with Gasteiger partial charge in [-0.25, -0.2) is 4.98 Å². The van der Waals surface area contributed by atoms with Crippen LogP contribution in [0.5, 0.6) is 0 Å². The highest BCUT2D eigenvalue weighted by Gasteiger charge is 2.09. The maximum absolute atomic E-state index is 6.39. The lowest BCUT2D eigenvalue weighted by Gasteiger charge is -2.18. The van der Waals surface area contributed by atoms with E-state index in [0.29, 0.717) is 6.10 Å². The van der Waals surface area contributed by atoms with Crippen molar-refractivity contribution < 1.29 is 4.74 Å². The van der Waals surface area contributed by atoms with Crippen LogP contribution in [-0.4, -0.2) is 22.3 Å². The van der Waals surface area contributed by atoms with E-state index in [-0.39, 0.29) is 0 Å². The average Bonchev–Trinajstić information content (AvgIpc) is 3.57. The normalized spacial score (nSPS) is 13.0. The van der Waals surface area contributed by atoms with Gasteiger partial charge >= 0.3 is 0 Å². The second kappa shape index (κ2) is 35.0. The van der Waals surface area contributed by atoms with E-state index in [9.17, 15) is 0 Å². The minimum atomic E-state index is 0.421. The van der Waals surface area contributed by atoms with E-state index < -0.39 is 0 Å². The summed E-state index contributed by atoms with van der Waals surface area (Å²) >= 11 is 0. The molecule has 0 fully saturated rings. The molecule has 0 aliphatic rings. The summed E-state index contributed by atoms with van der Waals surface area (Å²) in [5.74, 6) is 0. The minimum Gasteiger partial charge on any atom is -0.376 e. The van der Waals surface area contributed by atoms with Crippen LogP contribution in [0.1, 0.15) is 181 Å². The highest BCUT2D eigenvalue weighted by Crippen LogP contribution is 2.17. The largest absolute Gasteiger partial charge is 0.376 e. The summed E-state index contributed by atoms with van der Waals surface area (Å²) in [6, 6.07) is 0. The average molecular weight is 623 g/mol. The first-order chi connectivity index (χ1) is 22.4. The zero-order valence-corrected chi connectivity index (χ0v) is 30.0. The van der Waals surface area contributed by atoms with Crippen molar-refractivity contribution in [3.8, 4) is 0 Å². The Bertz CT molecular complexity index is 759. The first-order valence-corrected chi connectivity index (χ1v) is 19.5. The first-order valence-electron chi connectivity index (χ1n) is 19.5. The number of hydrogen-bond acceptors (Lipinski definition) is 2. The summed E-state index contributed by atoms with van der Waals surface area (Å²) < 4.78 is 8.51. The molecule has 1 aromatic heterocycles. The van der Waals surface area contributed by atoms with Crippen LogP contribution in [0.15, 0.2) is 67.3 Å². The summed E-state index contributed by atoms with van der Waals surface area (Å²) in [5, 5.41) is 0. The van der Waals surface area contributed by atoms with Crippen molar-refractivity contribution >= 4 is 0 Å². The molecule has 45 heavy (non-hydrogen) atoms. The van der Waals surface area contributed by atoms with Crippen LogP contribution < -0.4 is 0 Å². The molecule has 0 radical (unpaired) electrons. The van der Waals surface area contributed by atoms with Gasteiger partial charge in [-0.15, -0.1) is 0 Å². The van der Waals surface area contributed by atoms with Crippen molar-refractivity contribution in [2.45, 2.75) is 193 Å². The van der Waals surface area contributed by atoms with Crippen LogP contribution in [0.3, 0.4) is 0 Å². The van der Waals surface area contributed by atoms with E-state index in [2.05, 4.69) is 72.0 Å². The zero-order chi connectivity index (χ0) is 32.1. The third-order valence-corrected chi connectivity index (χ3v) is 8.72. The summed E-state index contributed by atoms with van der Waals surface area (Å²) in [7, 11) is 0. The summed E-state index contributed by atoms with van der Waals surface area (Å²) in [6.45, 7) is 6.24. The Morgan fingerprint density at radius 2 is 0.956 bits per heavy atom. The molecule has 0 spiro atoms. The SMILES string of the molecule is CCCCCC=CCC=CCCCCCCCCC(CCCCCCCCC=CCC=CCCCCC)OCCn1ccnc1. The molecule has 1 rings (SSSR count). The molecule has 0 N–H and O–H groups in total. The van der Waals surface area contributed by atoms with E-state index in [1.165, 1.54) is 154 Å². The van der Waals surface area contributed by atoms with Gasteiger partial charge in [0.15, 0.2) is 0 Å². The minimum absolute atomic E-state index is 0.421. The van der Waals surface area contributed by atoms with Crippen LogP contribution in [0.4, 0.5) is 0 Å². The van der Waals surface area contributed by atoms with Crippen molar-refractivity contribution in [1.29, 1.82) is 0 Å². The molecular weight excluding hydrogens is 548 g/mol. The molecule has 0 aliphatic carbocycles. The zero-order valence-electron chi connectivity index (χ0n) is 30.0. The van der Waals surface area contributed by atoms with E-state index in [1.54, 1.807) is 0 Å². The highest BCUT2D eigenvalue weighted by molar-refractivity contribution is 4.93. The second-order valence-electron chi connectivity index (χ2n) is 13.0. The maximum atomic E-state index is 6.39. The number of unbranched alkanes of at least 4 members (excludes halogenated alkanes) is 18. The van der Waals surface area contributed by atoms with Crippen LogP contribution >= 0.6 is 0 Å². The van der Waals surface area contributed by atoms with E-state index >= 15 is 0 Å². The first kappa shape index (κ1) is 41.2. The lowest BCUT2D eigenvalue weighted by atomic mass is 10.0.